The second-order valence-corrected chi connectivity index (χ2v) is 4.21. The number of rotatable bonds is 5. The van der Waals surface area contributed by atoms with Gasteiger partial charge in [0.15, 0.2) is 0 Å². The van der Waals surface area contributed by atoms with Gasteiger partial charge in [-0.25, -0.2) is 4.98 Å². The highest BCUT2D eigenvalue weighted by atomic mass is 16.3. The van der Waals surface area contributed by atoms with E-state index in [2.05, 4.69) is 23.7 Å². The first-order chi connectivity index (χ1) is 7.56. The number of hydrogen-bond donors (Lipinski definition) is 2. The Bertz CT molecular complexity index is 339. The van der Waals surface area contributed by atoms with Gasteiger partial charge in [-0.3, -0.25) is 0 Å². The fourth-order valence-corrected chi connectivity index (χ4v) is 1.60. The van der Waals surface area contributed by atoms with Gasteiger partial charge in [0.2, 0.25) is 0 Å². The average molecular weight is 223 g/mol. The lowest BCUT2D eigenvalue weighted by Crippen LogP contribution is -2.33. The van der Waals surface area contributed by atoms with Gasteiger partial charge in [0.05, 0.1) is 11.4 Å². The topological polar surface area (TPSA) is 62.4 Å². The summed E-state index contributed by atoms with van der Waals surface area (Å²) in [4.78, 5) is 6.64. The molecule has 0 fully saturated rings. The highest BCUT2D eigenvalue weighted by Crippen LogP contribution is 2.18. The molecule has 0 atom stereocenters. The minimum atomic E-state index is 0.206. The molecule has 0 saturated carbocycles. The number of nitrogens with two attached hydrogens (primary N) is 1. The van der Waals surface area contributed by atoms with Crippen LogP contribution in [0, 0.1) is 6.92 Å². The van der Waals surface area contributed by atoms with Gasteiger partial charge in [0.1, 0.15) is 5.82 Å². The standard InChI is InChI=1S/C12H21N3O/c1-9(2)15(7-4-8-16)12-6-5-11(13)10(3)14-12/h5-6,9,16H,4,7-8,13H2,1-3H3. The molecule has 0 aliphatic carbocycles. The number of aromatic nitrogens is 1. The summed E-state index contributed by atoms with van der Waals surface area (Å²) in [5.74, 6) is 0.926. The van der Waals surface area contributed by atoms with Gasteiger partial charge in [-0.2, -0.15) is 0 Å². The molecule has 1 rings (SSSR count). The maximum atomic E-state index is 8.88. The van der Waals surface area contributed by atoms with E-state index in [0.717, 1.165) is 30.2 Å². The molecule has 0 aliphatic rings. The van der Waals surface area contributed by atoms with E-state index in [1.165, 1.54) is 0 Å². The number of pyridine rings is 1. The summed E-state index contributed by atoms with van der Waals surface area (Å²) < 4.78 is 0. The molecule has 0 unspecified atom stereocenters. The van der Waals surface area contributed by atoms with Crippen LogP contribution < -0.4 is 10.6 Å². The van der Waals surface area contributed by atoms with Gasteiger partial charge >= 0.3 is 0 Å². The van der Waals surface area contributed by atoms with Crippen LogP contribution in [0.5, 0.6) is 0 Å². The third-order valence-electron chi connectivity index (χ3n) is 2.59. The second kappa shape index (κ2) is 5.70. The summed E-state index contributed by atoms with van der Waals surface area (Å²) in [6.45, 7) is 7.15. The number of nitrogen functional groups attached to an aromatic ring is 1. The van der Waals surface area contributed by atoms with Gasteiger partial charge in [0, 0.05) is 19.2 Å². The zero-order valence-electron chi connectivity index (χ0n) is 10.3. The maximum absolute atomic E-state index is 8.88. The summed E-state index contributed by atoms with van der Waals surface area (Å²) in [5, 5.41) is 8.88. The lowest BCUT2D eigenvalue weighted by molar-refractivity contribution is 0.288. The first kappa shape index (κ1) is 12.8. The van der Waals surface area contributed by atoms with Crippen LogP contribution in [0.15, 0.2) is 12.1 Å². The van der Waals surface area contributed by atoms with Crippen molar-refractivity contribution in [2.24, 2.45) is 0 Å². The van der Waals surface area contributed by atoms with Gasteiger partial charge < -0.3 is 15.7 Å². The van der Waals surface area contributed by atoms with E-state index in [9.17, 15) is 0 Å². The molecule has 1 heterocycles. The van der Waals surface area contributed by atoms with Crippen LogP contribution in [0.3, 0.4) is 0 Å². The Balaban J connectivity index is 2.88. The zero-order valence-corrected chi connectivity index (χ0v) is 10.3. The zero-order chi connectivity index (χ0) is 12.1. The Morgan fingerprint density at radius 1 is 1.44 bits per heavy atom. The third-order valence-corrected chi connectivity index (χ3v) is 2.59. The highest BCUT2D eigenvalue weighted by Gasteiger charge is 2.11. The number of aliphatic hydroxyl groups is 1. The van der Waals surface area contributed by atoms with Crippen LogP contribution in [0.1, 0.15) is 26.0 Å². The van der Waals surface area contributed by atoms with Crippen molar-refractivity contribution in [1.29, 1.82) is 0 Å². The van der Waals surface area contributed by atoms with E-state index in [1.807, 2.05) is 19.1 Å². The lowest BCUT2D eigenvalue weighted by atomic mass is 10.2. The quantitative estimate of drug-likeness (QED) is 0.795. The molecule has 0 bridgehead atoms. The molecule has 1 aromatic heterocycles. The molecule has 1 aromatic rings. The number of anilines is 2. The average Bonchev–Trinajstić information content (AvgIpc) is 2.23. The van der Waals surface area contributed by atoms with Crippen LogP contribution in [-0.2, 0) is 0 Å². The SMILES string of the molecule is Cc1nc(N(CCCO)C(C)C)ccc1N. The van der Waals surface area contributed by atoms with Gasteiger partial charge in [0.25, 0.3) is 0 Å². The molecular formula is C12H21N3O. The fourth-order valence-electron chi connectivity index (χ4n) is 1.60. The van der Waals surface area contributed by atoms with Gasteiger partial charge in [-0.15, -0.1) is 0 Å². The predicted octanol–water partition coefficient (Wildman–Crippen LogP) is 1.57. The molecule has 0 spiro atoms. The molecule has 4 heteroatoms. The molecule has 0 radical (unpaired) electrons. The summed E-state index contributed by atoms with van der Waals surface area (Å²) in [6.07, 6.45) is 0.753. The summed E-state index contributed by atoms with van der Waals surface area (Å²) >= 11 is 0. The van der Waals surface area contributed by atoms with E-state index >= 15 is 0 Å². The lowest BCUT2D eigenvalue weighted by Gasteiger charge is -2.28. The highest BCUT2D eigenvalue weighted by molar-refractivity contribution is 5.50. The van der Waals surface area contributed by atoms with Crippen molar-refractivity contribution in [3.8, 4) is 0 Å². The van der Waals surface area contributed by atoms with E-state index in [1.54, 1.807) is 0 Å². The Labute approximate surface area is 97.1 Å². The molecule has 3 N–H and O–H groups in total. The van der Waals surface area contributed by atoms with Crippen molar-refractivity contribution in [3.63, 3.8) is 0 Å². The van der Waals surface area contributed by atoms with E-state index in [4.69, 9.17) is 10.8 Å². The monoisotopic (exact) mass is 223 g/mol. The van der Waals surface area contributed by atoms with Crippen LogP contribution in [0.2, 0.25) is 0 Å². The van der Waals surface area contributed by atoms with Crippen molar-refractivity contribution in [3.05, 3.63) is 17.8 Å². The van der Waals surface area contributed by atoms with Crippen LogP contribution in [-0.4, -0.2) is 29.3 Å². The Hall–Kier alpha value is -1.29. The van der Waals surface area contributed by atoms with Crippen molar-refractivity contribution < 1.29 is 5.11 Å². The molecule has 0 saturated heterocycles. The predicted molar refractivity (Wildman–Crippen MR) is 67.6 cm³/mol. The number of aliphatic hydroxyl groups excluding tert-OH is 1. The minimum absolute atomic E-state index is 0.206. The first-order valence-corrected chi connectivity index (χ1v) is 5.67. The van der Waals surface area contributed by atoms with Crippen LogP contribution in [0.4, 0.5) is 11.5 Å². The molecule has 0 aromatic carbocycles. The summed E-state index contributed by atoms with van der Waals surface area (Å²) in [5.41, 5.74) is 7.32. The Morgan fingerprint density at radius 2 is 2.12 bits per heavy atom. The number of nitrogens with zero attached hydrogens (tertiary/aromatic N) is 2. The summed E-state index contributed by atoms with van der Waals surface area (Å²) in [6, 6.07) is 4.17. The van der Waals surface area contributed by atoms with Crippen molar-refractivity contribution in [2.45, 2.75) is 33.2 Å². The molecular weight excluding hydrogens is 202 g/mol. The Morgan fingerprint density at radius 3 is 2.62 bits per heavy atom. The molecule has 0 aliphatic heterocycles. The fraction of sp³-hybridized carbons (Fsp3) is 0.583. The second-order valence-electron chi connectivity index (χ2n) is 4.21. The number of hydrogen-bond acceptors (Lipinski definition) is 4. The molecule has 16 heavy (non-hydrogen) atoms. The van der Waals surface area contributed by atoms with E-state index in [-0.39, 0.29) is 6.61 Å². The molecule has 4 nitrogen and oxygen atoms in total. The van der Waals surface area contributed by atoms with Crippen molar-refractivity contribution >= 4 is 11.5 Å². The van der Waals surface area contributed by atoms with E-state index in [0.29, 0.717) is 6.04 Å². The molecule has 0 amide bonds. The van der Waals surface area contributed by atoms with Crippen molar-refractivity contribution in [1.82, 2.24) is 4.98 Å². The maximum Gasteiger partial charge on any atom is 0.129 e. The smallest absolute Gasteiger partial charge is 0.129 e. The minimum Gasteiger partial charge on any atom is -0.397 e. The van der Waals surface area contributed by atoms with Crippen LogP contribution in [0.25, 0.3) is 0 Å². The normalized spacial score (nSPS) is 10.8. The Kier molecular flexibility index (Phi) is 4.55. The number of aryl methyl sites for hydroxylation is 1. The third kappa shape index (κ3) is 3.10. The molecule has 90 valence electrons. The van der Waals surface area contributed by atoms with Gasteiger partial charge in [-0.1, -0.05) is 0 Å². The van der Waals surface area contributed by atoms with Crippen molar-refractivity contribution in [2.75, 3.05) is 23.8 Å². The van der Waals surface area contributed by atoms with E-state index < -0.39 is 0 Å². The first-order valence-electron chi connectivity index (χ1n) is 5.67. The van der Waals surface area contributed by atoms with Gasteiger partial charge in [-0.05, 0) is 39.3 Å². The van der Waals surface area contributed by atoms with Crippen LogP contribution >= 0.6 is 0 Å². The summed E-state index contributed by atoms with van der Waals surface area (Å²) in [7, 11) is 0. The largest absolute Gasteiger partial charge is 0.397 e.